The van der Waals surface area contributed by atoms with Crippen LogP contribution in [0.5, 0.6) is 0 Å². The van der Waals surface area contributed by atoms with E-state index in [0.717, 1.165) is 26.7 Å². The highest BCUT2D eigenvalue weighted by molar-refractivity contribution is 9.10. The summed E-state index contributed by atoms with van der Waals surface area (Å²) in [7, 11) is 0. The van der Waals surface area contributed by atoms with E-state index in [1.54, 1.807) is 23.6 Å². The average Bonchev–Trinajstić information content (AvgIpc) is 2.95. The van der Waals surface area contributed by atoms with Gasteiger partial charge in [-0.25, -0.2) is 0 Å². The average molecular weight is 486 g/mol. The summed E-state index contributed by atoms with van der Waals surface area (Å²) in [6.07, 6.45) is -4.67. The van der Waals surface area contributed by atoms with Crippen LogP contribution in [0.1, 0.15) is 17.5 Å². The highest BCUT2D eigenvalue weighted by atomic mass is 79.9. The first-order chi connectivity index (χ1) is 11.6. The van der Waals surface area contributed by atoms with Crippen LogP contribution in [0.25, 0.3) is 5.57 Å². The normalized spacial score (nSPS) is 20.7. The van der Waals surface area contributed by atoms with Gasteiger partial charge in [0.15, 0.2) is 0 Å². The molecule has 0 fully saturated rings. The maximum absolute atomic E-state index is 14.0. The molecule has 1 aliphatic heterocycles. The second-order valence-corrected chi connectivity index (χ2v) is 8.96. The molecule has 132 valence electrons. The van der Waals surface area contributed by atoms with Gasteiger partial charge in [0.05, 0.1) is 0 Å². The van der Waals surface area contributed by atoms with Crippen LogP contribution in [0.15, 0.2) is 51.2 Å². The fraction of sp³-hybridized carbons (Fsp3) is 0.176. The van der Waals surface area contributed by atoms with Crippen molar-refractivity contribution in [3.05, 3.63) is 67.5 Å². The van der Waals surface area contributed by atoms with Gasteiger partial charge in [-0.3, -0.25) is 0 Å². The third kappa shape index (κ3) is 3.74. The van der Waals surface area contributed by atoms with Gasteiger partial charge in [-0.15, -0.1) is 24.4 Å². The predicted octanol–water partition coefficient (Wildman–Crippen LogP) is 7.98. The number of alkyl halides is 3. The van der Waals surface area contributed by atoms with Crippen LogP contribution < -0.4 is 0 Å². The minimum atomic E-state index is -4.47. The zero-order valence-electron chi connectivity index (χ0n) is 12.4. The summed E-state index contributed by atoms with van der Waals surface area (Å²) in [4.78, 5) is 0.721. The Balaban J connectivity index is 2.04. The fourth-order valence-corrected chi connectivity index (χ4v) is 4.92. The van der Waals surface area contributed by atoms with Crippen LogP contribution in [-0.2, 0) is 4.75 Å². The van der Waals surface area contributed by atoms with Gasteiger partial charge < -0.3 is 0 Å². The van der Waals surface area contributed by atoms with Gasteiger partial charge in [-0.2, -0.15) is 13.2 Å². The number of hydrogen-bond acceptors (Lipinski definition) is 2. The number of thiol groups is 1. The number of thioether (sulfide) groups is 1. The maximum atomic E-state index is 14.0. The van der Waals surface area contributed by atoms with E-state index in [0.29, 0.717) is 5.57 Å². The van der Waals surface area contributed by atoms with Gasteiger partial charge in [-0.05, 0) is 68.4 Å². The summed E-state index contributed by atoms with van der Waals surface area (Å²) in [5, 5.41) is 1.92. The highest BCUT2D eigenvalue weighted by Crippen LogP contribution is 2.60. The van der Waals surface area contributed by atoms with Gasteiger partial charge >= 0.3 is 6.18 Å². The Morgan fingerprint density at radius 1 is 1.08 bits per heavy atom. The molecule has 2 aromatic carbocycles. The highest BCUT2D eigenvalue weighted by Gasteiger charge is 2.58. The quantitative estimate of drug-likeness (QED) is 0.420. The van der Waals surface area contributed by atoms with Crippen molar-refractivity contribution >= 4 is 69.1 Å². The van der Waals surface area contributed by atoms with E-state index in [9.17, 15) is 13.2 Å². The van der Waals surface area contributed by atoms with E-state index in [2.05, 4.69) is 28.6 Å². The Bertz CT molecular complexity index is 847. The van der Waals surface area contributed by atoms with E-state index in [-0.39, 0.29) is 22.0 Å². The smallest absolute Gasteiger partial charge is 0.169 e. The Morgan fingerprint density at radius 3 is 2.28 bits per heavy atom. The molecule has 0 saturated carbocycles. The standard InChI is InChI=1S/C17H10BrCl2F3S2/c18-14-3-9(1-2-15(14)24)10-7-16(25-8-10,17(21,22)23)11-4-12(19)6-13(20)5-11/h1-6,8,24H,7H2. The first kappa shape index (κ1) is 19.5. The van der Waals surface area contributed by atoms with Crippen molar-refractivity contribution in [2.75, 3.05) is 0 Å². The van der Waals surface area contributed by atoms with Crippen LogP contribution in [-0.4, -0.2) is 6.18 Å². The lowest BCUT2D eigenvalue weighted by Gasteiger charge is -2.32. The Morgan fingerprint density at radius 2 is 1.72 bits per heavy atom. The molecule has 1 unspecified atom stereocenters. The van der Waals surface area contributed by atoms with Gasteiger partial charge in [0.1, 0.15) is 4.75 Å². The molecule has 0 bridgehead atoms. The van der Waals surface area contributed by atoms with Crippen molar-refractivity contribution in [3.63, 3.8) is 0 Å². The predicted molar refractivity (Wildman–Crippen MR) is 106 cm³/mol. The summed E-state index contributed by atoms with van der Waals surface area (Å²) in [6, 6.07) is 9.36. The van der Waals surface area contributed by atoms with Gasteiger partial charge in [0.25, 0.3) is 0 Å². The van der Waals surface area contributed by atoms with Gasteiger partial charge in [0, 0.05) is 25.8 Å². The number of allylic oxidation sites excluding steroid dienone is 1. The number of benzene rings is 2. The molecule has 0 aliphatic carbocycles. The Kier molecular flexibility index (Phi) is 5.49. The second kappa shape index (κ2) is 7.04. The van der Waals surface area contributed by atoms with Crippen LogP contribution in [0.3, 0.4) is 0 Å². The van der Waals surface area contributed by atoms with Crippen LogP contribution in [0.4, 0.5) is 13.2 Å². The Hall–Kier alpha value is -0.270. The van der Waals surface area contributed by atoms with Crippen molar-refractivity contribution < 1.29 is 13.2 Å². The molecule has 0 spiro atoms. The summed E-state index contributed by atoms with van der Waals surface area (Å²) >= 11 is 20.2. The molecule has 0 amide bonds. The van der Waals surface area contributed by atoms with Crippen LogP contribution in [0.2, 0.25) is 10.0 Å². The van der Waals surface area contributed by atoms with E-state index in [1.807, 2.05) is 0 Å². The molecule has 3 rings (SSSR count). The molecule has 1 heterocycles. The zero-order valence-corrected chi connectivity index (χ0v) is 17.2. The summed E-state index contributed by atoms with van der Waals surface area (Å²) in [5.41, 5.74) is 1.38. The molecular formula is C17H10BrCl2F3S2. The van der Waals surface area contributed by atoms with Crippen molar-refractivity contribution in [3.8, 4) is 0 Å². The lowest BCUT2D eigenvalue weighted by Crippen LogP contribution is -2.37. The molecule has 0 nitrogen and oxygen atoms in total. The van der Waals surface area contributed by atoms with E-state index < -0.39 is 10.9 Å². The summed E-state index contributed by atoms with van der Waals surface area (Å²) in [5.74, 6) is 0. The molecule has 25 heavy (non-hydrogen) atoms. The minimum absolute atomic E-state index is 0.0543. The van der Waals surface area contributed by atoms with E-state index >= 15 is 0 Å². The van der Waals surface area contributed by atoms with Crippen molar-refractivity contribution in [1.29, 1.82) is 0 Å². The zero-order chi connectivity index (χ0) is 18.4. The third-order valence-electron chi connectivity index (χ3n) is 3.95. The minimum Gasteiger partial charge on any atom is -0.169 e. The maximum Gasteiger partial charge on any atom is 0.407 e. The molecule has 0 saturated heterocycles. The van der Waals surface area contributed by atoms with Gasteiger partial charge in [-0.1, -0.05) is 29.3 Å². The SMILES string of the molecule is FC(F)(F)C1(c2cc(Cl)cc(Cl)c2)CC(c2ccc(S)c(Br)c2)=CS1. The largest absolute Gasteiger partial charge is 0.407 e. The molecule has 2 aromatic rings. The number of hydrogen-bond donors (Lipinski definition) is 1. The van der Waals surface area contributed by atoms with E-state index in [1.165, 1.54) is 18.2 Å². The van der Waals surface area contributed by atoms with Crippen LogP contribution in [0, 0.1) is 0 Å². The molecule has 0 aromatic heterocycles. The monoisotopic (exact) mass is 484 g/mol. The fourth-order valence-electron chi connectivity index (χ4n) is 2.69. The molecule has 0 radical (unpaired) electrons. The molecular weight excluding hydrogens is 476 g/mol. The number of halogens is 6. The first-order valence-electron chi connectivity index (χ1n) is 7.01. The summed E-state index contributed by atoms with van der Waals surface area (Å²) in [6.45, 7) is 0. The Labute approximate surface area is 171 Å². The lowest BCUT2D eigenvalue weighted by atomic mass is 9.88. The lowest BCUT2D eigenvalue weighted by molar-refractivity contribution is -0.160. The van der Waals surface area contributed by atoms with Gasteiger partial charge in [0.2, 0.25) is 0 Å². The topological polar surface area (TPSA) is 0 Å². The van der Waals surface area contributed by atoms with E-state index in [4.69, 9.17) is 23.2 Å². The number of rotatable bonds is 2. The van der Waals surface area contributed by atoms with Crippen molar-refractivity contribution in [1.82, 2.24) is 0 Å². The first-order valence-corrected chi connectivity index (χ1v) is 9.89. The molecule has 0 N–H and O–H groups in total. The summed E-state index contributed by atoms with van der Waals surface area (Å²) < 4.78 is 40.7. The molecule has 1 aliphatic rings. The molecule has 1 atom stereocenters. The second-order valence-electron chi connectivity index (χ2n) is 5.59. The van der Waals surface area contributed by atoms with Crippen molar-refractivity contribution in [2.45, 2.75) is 22.2 Å². The third-order valence-corrected chi connectivity index (χ3v) is 7.15. The molecule has 8 heteroatoms. The van der Waals surface area contributed by atoms with Crippen LogP contribution >= 0.6 is 63.5 Å². The van der Waals surface area contributed by atoms with Crippen molar-refractivity contribution in [2.24, 2.45) is 0 Å².